The first-order chi connectivity index (χ1) is 11.1. The maximum Gasteiger partial charge on any atom is 0.255 e. The van der Waals surface area contributed by atoms with E-state index in [1.165, 1.54) is 0 Å². The number of rotatable bonds is 4. The Hall–Kier alpha value is -2.14. The number of carbonyl (C=O) groups excluding carboxylic acids is 1. The summed E-state index contributed by atoms with van der Waals surface area (Å²) in [4.78, 5) is 18.6. The van der Waals surface area contributed by atoms with Crippen LogP contribution in [0.5, 0.6) is 0 Å². The Kier molecular flexibility index (Phi) is 4.76. The van der Waals surface area contributed by atoms with Crippen molar-refractivity contribution in [2.24, 2.45) is 5.92 Å². The molecule has 0 radical (unpaired) electrons. The number of hydrogen-bond acceptors (Lipinski definition) is 3. The van der Waals surface area contributed by atoms with Crippen molar-refractivity contribution >= 4 is 5.91 Å². The second kappa shape index (κ2) is 6.96. The van der Waals surface area contributed by atoms with Crippen molar-refractivity contribution in [2.45, 2.75) is 31.8 Å². The van der Waals surface area contributed by atoms with Crippen LogP contribution in [0.2, 0.25) is 0 Å². The third-order valence-corrected chi connectivity index (χ3v) is 4.59. The Balaban J connectivity index is 1.65. The van der Waals surface area contributed by atoms with Crippen LogP contribution in [-0.2, 0) is 0 Å². The second-order valence-corrected chi connectivity index (χ2v) is 6.29. The van der Waals surface area contributed by atoms with E-state index in [0.717, 1.165) is 31.5 Å². The minimum absolute atomic E-state index is 0.0469. The molecular weight excluding hydrogens is 290 g/mol. The van der Waals surface area contributed by atoms with Crippen LogP contribution in [-0.4, -0.2) is 45.2 Å². The van der Waals surface area contributed by atoms with Crippen LogP contribution >= 0.6 is 0 Å². The number of aliphatic hydroxyl groups is 1. The lowest BCUT2D eigenvalue weighted by Crippen LogP contribution is -2.38. The van der Waals surface area contributed by atoms with Gasteiger partial charge in [0.05, 0.1) is 11.7 Å². The molecule has 1 N–H and O–H groups in total. The monoisotopic (exact) mass is 313 g/mol. The van der Waals surface area contributed by atoms with Crippen LogP contribution < -0.4 is 0 Å². The van der Waals surface area contributed by atoms with E-state index in [4.69, 9.17) is 0 Å². The van der Waals surface area contributed by atoms with Gasteiger partial charge in [0, 0.05) is 38.1 Å². The predicted octanol–water partition coefficient (Wildman–Crippen LogP) is 2.50. The first-order valence-electron chi connectivity index (χ1n) is 8.18. The molecule has 2 aromatic heterocycles. The van der Waals surface area contributed by atoms with E-state index in [1.54, 1.807) is 24.2 Å². The summed E-state index contributed by atoms with van der Waals surface area (Å²) in [6.45, 7) is 0.597. The van der Waals surface area contributed by atoms with Gasteiger partial charge in [-0.2, -0.15) is 0 Å². The first kappa shape index (κ1) is 15.7. The average Bonchev–Trinajstić information content (AvgIpc) is 3.11. The summed E-state index contributed by atoms with van der Waals surface area (Å²) in [5, 5.41) is 10.1. The lowest BCUT2D eigenvalue weighted by molar-refractivity contribution is 0.0451. The van der Waals surface area contributed by atoms with Crippen molar-refractivity contribution in [3.05, 3.63) is 48.4 Å². The van der Waals surface area contributed by atoms with Gasteiger partial charge in [0.25, 0.3) is 5.91 Å². The molecule has 0 aromatic carbocycles. The molecule has 0 bridgehead atoms. The molecule has 1 amide bonds. The molecule has 2 atom stereocenters. The van der Waals surface area contributed by atoms with E-state index in [9.17, 15) is 9.90 Å². The van der Waals surface area contributed by atoms with Gasteiger partial charge in [0.15, 0.2) is 0 Å². The van der Waals surface area contributed by atoms with Gasteiger partial charge in [-0.1, -0.05) is 12.8 Å². The number of nitrogens with zero attached hydrogens (tertiary/aromatic N) is 3. The molecule has 1 aliphatic carbocycles. The first-order valence-corrected chi connectivity index (χ1v) is 8.18. The van der Waals surface area contributed by atoms with E-state index in [1.807, 2.05) is 35.2 Å². The van der Waals surface area contributed by atoms with Crippen LogP contribution in [0.1, 0.15) is 36.0 Å². The highest BCUT2D eigenvalue weighted by Crippen LogP contribution is 2.25. The maximum atomic E-state index is 12.5. The van der Waals surface area contributed by atoms with Gasteiger partial charge in [-0.05, 0) is 37.1 Å². The van der Waals surface area contributed by atoms with Gasteiger partial charge in [0.2, 0.25) is 0 Å². The molecule has 0 aliphatic heterocycles. The lowest BCUT2D eigenvalue weighted by Gasteiger charge is -2.31. The van der Waals surface area contributed by atoms with Crippen molar-refractivity contribution in [1.29, 1.82) is 0 Å². The number of amides is 1. The third-order valence-electron chi connectivity index (χ3n) is 4.59. The third kappa shape index (κ3) is 3.62. The molecule has 0 saturated heterocycles. The molecular formula is C18H23N3O2. The van der Waals surface area contributed by atoms with Crippen LogP contribution in [0.4, 0.5) is 0 Å². The highest BCUT2D eigenvalue weighted by molar-refractivity contribution is 5.93. The number of hydrogen-bond donors (Lipinski definition) is 1. The molecule has 1 saturated carbocycles. The van der Waals surface area contributed by atoms with Crippen molar-refractivity contribution in [3.63, 3.8) is 0 Å². The normalized spacial score (nSPS) is 21.1. The lowest BCUT2D eigenvalue weighted by atomic mass is 9.86. The van der Waals surface area contributed by atoms with Crippen LogP contribution in [0, 0.1) is 5.92 Å². The van der Waals surface area contributed by atoms with Gasteiger partial charge in [-0.3, -0.25) is 4.79 Å². The SMILES string of the molecule is CN(CC1CCCCC1O)C(=O)c1ccc(-n2cccc2)nc1. The van der Waals surface area contributed by atoms with Gasteiger partial charge in [-0.15, -0.1) is 0 Å². The maximum absolute atomic E-state index is 12.5. The molecule has 23 heavy (non-hydrogen) atoms. The van der Waals surface area contributed by atoms with E-state index in [2.05, 4.69) is 4.98 Å². The minimum atomic E-state index is -0.284. The number of carbonyl (C=O) groups is 1. The number of aromatic nitrogens is 2. The van der Waals surface area contributed by atoms with E-state index in [-0.39, 0.29) is 17.9 Å². The number of aliphatic hydroxyl groups excluding tert-OH is 1. The quantitative estimate of drug-likeness (QED) is 0.943. The Labute approximate surface area is 136 Å². The summed E-state index contributed by atoms with van der Waals surface area (Å²) in [7, 11) is 1.80. The summed E-state index contributed by atoms with van der Waals surface area (Å²) in [5.41, 5.74) is 0.578. The second-order valence-electron chi connectivity index (χ2n) is 6.29. The largest absolute Gasteiger partial charge is 0.393 e. The van der Waals surface area contributed by atoms with Crippen molar-refractivity contribution in [1.82, 2.24) is 14.5 Å². The van der Waals surface area contributed by atoms with E-state index < -0.39 is 0 Å². The van der Waals surface area contributed by atoms with Gasteiger partial charge >= 0.3 is 0 Å². The van der Waals surface area contributed by atoms with Gasteiger partial charge < -0.3 is 14.6 Å². The fourth-order valence-electron chi connectivity index (χ4n) is 3.21. The van der Waals surface area contributed by atoms with Crippen molar-refractivity contribution < 1.29 is 9.90 Å². The highest BCUT2D eigenvalue weighted by Gasteiger charge is 2.26. The molecule has 2 heterocycles. The Bertz CT molecular complexity index is 637. The number of pyridine rings is 1. The van der Waals surface area contributed by atoms with Crippen LogP contribution in [0.25, 0.3) is 5.82 Å². The molecule has 0 spiro atoms. The zero-order valence-electron chi connectivity index (χ0n) is 13.4. The molecule has 2 aromatic rings. The Morgan fingerprint density at radius 2 is 2.04 bits per heavy atom. The van der Waals surface area contributed by atoms with E-state index in [0.29, 0.717) is 12.1 Å². The summed E-state index contributed by atoms with van der Waals surface area (Å²) in [6, 6.07) is 7.52. The zero-order chi connectivity index (χ0) is 16.2. The van der Waals surface area contributed by atoms with E-state index >= 15 is 0 Å². The van der Waals surface area contributed by atoms with Crippen LogP contribution in [0.15, 0.2) is 42.9 Å². The molecule has 3 rings (SSSR count). The molecule has 122 valence electrons. The van der Waals surface area contributed by atoms with Crippen molar-refractivity contribution in [3.8, 4) is 5.82 Å². The topological polar surface area (TPSA) is 58.4 Å². The Morgan fingerprint density at radius 1 is 1.30 bits per heavy atom. The zero-order valence-corrected chi connectivity index (χ0v) is 13.4. The molecule has 5 heteroatoms. The highest BCUT2D eigenvalue weighted by atomic mass is 16.3. The molecule has 2 unspecified atom stereocenters. The summed E-state index contributed by atoms with van der Waals surface area (Å²) >= 11 is 0. The van der Waals surface area contributed by atoms with Crippen LogP contribution in [0.3, 0.4) is 0 Å². The summed E-state index contributed by atoms with van der Waals surface area (Å²) in [6.07, 6.45) is 9.22. The van der Waals surface area contributed by atoms with Gasteiger partial charge in [-0.25, -0.2) is 4.98 Å². The summed E-state index contributed by atoms with van der Waals surface area (Å²) < 4.78 is 1.90. The average molecular weight is 313 g/mol. The van der Waals surface area contributed by atoms with Crippen molar-refractivity contribution in [2.75, 3.05) is 13.6 Å². The fraction of sp³-hybridized carbons (Fsp3) is 0.444. The Morgan fingerprint density at radius 3 is 2.70 bits per heavy atom. The predicted molar refractivity (Wildman–Crippen MR) is 88.5 cm³/mol. The molecule has 1 fully saturated rings. The molecule has 5 nitrogen and oxygen atoms in total. The fourth-order valence-corrected chi connectivity index (χ4v) is 3.21. The summed E-state index contributed by atoms with van der Waals surface area (Å²) in [5.74, 6) is 0.927. The smallest absolute Gasteiger partial charge is 0.255 e. The minimum Gasteiger partial charge on any atom is -0.393 e. The standard InChI is InChI=1S/C18H23N3O2/c1-20(13-15-6-2-3-7-16(15)22)18(23)14-8-9-17(19-12-14)21-10-4-5-11-21/h4-5,8-12,15-16,22H,2-3,6-7,13H2,1H3. The molecule has 1 aliphatic rings. The van der Waals surface area contributed by atoms with Gasteiger partial charge in [0.1, 0.15) is 5.82 Å².